The Morgan fingerprint density at radius 2 is 1.76 bits per heavy atom. The summed E-state index contributed by atoms with van der Waals surface area (Å²) in [6.07, 6.45) is 1.80. The molecule has 0 fully saturated rings. The minimum absolute atomic E-state index is 0.379. The van der Waals surface area contributed by atoms with Crippen molar-refractivity contribution in [1.29, 1.82) is 5.26 Å². The van der Waals surface area contributed by atoms with Crippen molar-refractivity contribution in [3.63, 3.8) is 0 Å². The van der Waals surface area contributed by atoms with Crippen LogP contribution in [0.25, 0.3) is 22.4 Å². The number of hydrogen-bond donors (Lipinski definition) is 1. The second-order valence-corrected chi connectivity index (χ2v) is 5.48. The highest BCUT2D eigenvalue weighted by molar-refractivity contribution is 5.94. The molecule has 3 aromatic rings. The van der Waals surface area contributed by atoms with Crippen LogP contribution in [-0.4, -0.2) is 17.7 Å². The molecule has 0 aliphatic heterocycles. The van der Waals surface area contributed by atoms with Crippen LogP contribution in [0, 0.1) is 11.3 Å². The molecule has 0 radical (unpaired) electrons. The molecule has 0 aliphatic carbocycles. The number of allylic oxidation sites excluding steroid dienone is 1. The summed E-state index contributed by atoms with van der Waals surface area (Å²) in [5.41, 5.74) is 2.25. The van der Waals surface area contributed by atoms with Crippen molar-refractivity contribution in [1.82, 2.24) is 0 Å². The molecule has 3 aromatic carbocycles. The van der Waals surface area contributed by atoms with E-state index in [1.807, 2.05) is 42.5 Å². The van der Waals surface area contributed by atoms with Gasteiger partial charge in [0.2, 0.25) is 0 Å². The second kappa shape index (κ2) is 7.33. The normalized spacial score (nSPS) is 11.1. The molecule has 1 N–H and O–H groups in total. The Kier molecular flexibility index (Phi) is 4.77. The number of nitriles is 1. The van der Waals surface area contributed by atoms with E-state index >= 15 is 0 Å². The van der Waals surface area contributed by atoms with Crippen LogP contribution in [0.15, 0.2) is 66.7 Å². The summed E-state index contributed by atoms with van der Waals surface area (Å²) in [7, 11) is 0. The van der Waals surface area contributed by atoms with Crippen LogP contribution in [-0.2, 0) is 4.79 Å². The number of carboxylic acids is 1. The molecule has 4 nitrogen and oxygen atoms in total. The lowest BCUT2D eigenvalue weighted by molar-refractivity contribution is -0.139. The van der Waals surface area contributed by atoms with Gasteiger partial charge in [-0.3, -0.25) is 0 Å². The van der Waals surface area contributed by atoms with E-state index in [2.05, 4.69) is 6.07 Å². The summed E-state index contributed by atoms with van der Waals surface area (Å²) in [6, 6.07) is 23.1. The molecule has 122 valence electrons. The van der Waals surface area contributed by atoms with E-state index in [1.165, 1.54) is 0 Å². The molecule has 0 atom stereocenters. The van der Waals surface area contributed by atoms with Crippen LogP contribution in [0.3, 0.4) is 0 Å². The van der Waals surface area contributed by atoms with E-state index in [0.717, 1.165) is 21.9 Å². The molecule has 0 amide bonds. The number of nitrogens with zero attached hydrogens (tertiary/aromatic N) is 1. The zero-order valence-electron chi connectivity index (χ0n) is 13.3. The highest BCUT2D eigenvalue weighted by Crippen LogP contribution is 2.23. The average Bonchev–Trinajstić information content (AvgIpc) is 2.65. The average molecular weight is 329 g/mol. The minimum atomic E-state index is -1.02. The van der Waals surface area contributed by atoms with Gasteiger partial charge in [0, 0.05) is 0 Å². The van der Waals surface area contributed by atoms with Gasteiger partial charge in [-0.05, 0) is 46.2 Å². The lowest BCUT2D eigenvalue weighted by Crippen LogP contribution is -2.09. The highest BCUT2D eigenvalue weighted by atomic mass is 16.5. The van der Waals surface area contributed by atoms with Gasteiger partial charge in [-0.25, -0.2) is 4.79 Å². The number of carbonyl (C=O) groups is 1. The van der Waals surface area contributed by atoms with Crippen molar-refractivity contribution in [3.8, 4) is 11.8 Å². The smallest absolute Gasteiger partial charge is 0.341 e. The van der Waals surface area contributed by atoms with Gasteiger partial charge in [-0.15, -0.1) is 0 Å². The quantitative estimate of drug-likeness (QED) is 0.557. The lowest BCUT2D eigenvalue weighted by atomic mass is 10.0. The predicted molar refractivity (Wildman–Crippen MR) is 97.0 cm³/mol. The summed E-state index contributed by atoms with van der Waals surface area (Å²) >= 11 is 0. The molecule has 0 bridgehead atoms. The Labute approximate surface area is 145 Å². The van der Waals surface area contributed by atoms with E-state index in [-0.39, 0.29) is 6.61 Å². The summed E-state index contributed by atoms with van der Waals surface area (Å²) in [5.74, 6) is -0.546. The topological polar surface area (TPSA) is 70.3 Å². The molecule has 0 aromatic heterocycles. The van der Waals surface area contributed by atoms with Gasteiger partial charge in [0.25, 0.3) is 0 Å². The van der Waals surface area contributed by atoms with Gasteiger partial charge >= 0.3 is 5.97 Å². The Balaban J connectivity index is 1.86. The maximum absolute atomic E-state index is 10.5. The number of fused-ring (bicyclic) bond motifs is 1. The third-order valence-electron chi connectivity index (χ3n) is 3.73. The van der Waals surface area contributed by atoms with E-state index in [9.17, 15) is 10.1 Å². The van der Waals surface area contributed by atoms with Crippen LogP contribution in [0.2, 0.25) is 0 Å². The SMILES string of the molecule is N#C/C(=C\c1ccc(OCC(=O)O)cc1)c1ccc2ccccc2c1. The maximum Gasteiger partial charge on any atom is 0.341 e. The molecule has 3 rings (SSSR count). The Morgan fingerprint density at radius 1 is 1.04 bits per heavy atom. The number of hydrogen-bond acceptors (Lipinski definition) is 3. The molecule has 0 saturated carbocycles. The summed E-state index contributed by atoms with van der Waals surface area (Å²) < 4.78 is 5.10. The first-order valence-corrected chi connectivity index (χ1v) is 7.71. The van der Waals surface area contributed by atoms with Crippen molar-refractivity contribution < 1.29 is 14.6 Å². The number of aliphatic carboxylic acids is 1. The van der Waals surface area contributed by atoms with E-state index in [1.54, 1.807) is 30.3 Å². The van der Waals surface area contributed by atoms with Gasteiger partial charge in [0.15, 0.2) is 6.61 Å². The molecule has 25 heavy (non-hydrogen) atoms. The van der Waals surface area contributed by atoms with Crippen LogP contribution >= 0.6 is 0 Å². The first-order valence-electron chi connectivity index (χ1n) is 7.71. The maximum atomic E-state index is 10.5. The van der Waals surface area contributed by atoms with Crippen molar-refractivity contribution >= 4 is 28.4 Å². The van der Waals surface area contributed by atoms with Gasteiger partial charge in [-0.2, -0.15) is 5.26 Å². The number of carboxylic acid groups (broad SMARTS) is 1. The zero-order chi connectivity index (χ0) is 17.6. The van der Waals surface area contributed by atoms with Crippen LogP contribution < -0.4 is 4.74 Å². The van der Waals surface area contributed by atoms with Gasteiger partial charge < -0.3 is 9.84 Å². The summed E-state index contributed by atoms with van der Waals surface area (Å²) in [4.78, 5) is 10.5. The van der Waals surface area contributed by atoms with Crippen LogP contribution in [0.1, 0.15) is 11.1 Å². The molecule has 0 unspecified atom stereocenters. The first kappa shape index (κ1) is 16.3. The number of rotatable bonds is 5. The fourth-order valence-corrected chi connectivity index (χ4v) is 2.51. The van der Waals surface area contributed by atoms with Crippen LogP contribution in [0.5, 0.6) is 5.75 Å². The number of benzene rings is 3. The number of ether oxygens (including phenoxy) is 1. The molecular formula is C21H15NO3. The fourth-order valence-electron chi connectivity index (χ4n) is 2.51. The van der Waals surface area contributed by atoms with E-state index in [4.69, 9.17) is 9.84 Å². The lowest BCUT2D eigenvalue weighted by Gasteiger charge is -2.05. The largest absolute Gasteiger partial charge is 0.482 e. The van der Waals surface area contributed by atoms with Crippen molar-refractivity contribution in [2.75, 3.05) is 6.61 Å². The fraction of sp³-hybridized carbons (Fsp3) is 0.0476. The Bertz CT molecular complexity index is 982. The first-order chi connectivity index (χ1) is 12.2. The van der Waals surface area contributed by atoms with Crippen molar-refractivity contribution in [3.05, 3.63) is 77.9 Å². The molecule has 0 aliphatic rings. The molecule has 0 spiro atoms. The van der Waals surface area contributed by atoms with Crippen molar-refractivity contribution in [2.45, 2.75) is 0 Å². The van der Waals surface area contributed by atoms with Gasteiger partial charge in [-0.1, -0.05) is 48.5 Å². The molecule has 0 heterocycles. The highest BCUT2D eigenvalue weighted by Gasteiger charge is 2.04. The monoisotopic (exact) mass is 329 g/mol. The third kappa shape index (κ3) is 4.04. The zero-order valence-corrected chi connectivity index (χ0v) is 13.3. The molecular weight excluding hydrogens is 314 g/mol. The molecule has 4 heteroatoms. The Morgan fingerprint density at radius 3 is 2.44 bits per heavy atom. The van der Waals surface area contributed by atoms with E-state index < -0.39 is 5.97 Å². The standard InChI is InChI=1S/C21H15NO3/c22-13-19(18-8-7-16-3-1-2-4-17(16)12-18)11-15-5-9-20(10-6-15)25-14-21(23)24/h1-12H,14H2,(H,23,24)/b19-11+. The van der Waals surface area contributed by atoms with Crippen LogP contribution in [0.4, 0.5) is 0 Å². The predicted octanol–water partition coefficient (Wildman–Crippen LogP) is 4.37. The van der Waals surface area contributed by atoms with Gasteiger partial charge in [0.1, 0.15) is 5.75 Å². The van der Waals surface area contributed by atoms with Gasteiger partial charge in [0.05, 0.1) is 11.6 Å². The van der Waals surface area contributed by atoms with Crippen molar-refractivity contribution in [2.24, 2.45) is 0 Å². The second-order valence-electron chi connectivity index (χ2n) is 5.48. The summed E-state index contributed by atoms with van der Waals surface area (Å²) in [6.45, 7) is -0.379. The van der Waals surface area contributed by atoms with E-state index in [0.29, 0.717) is 11.3 Å². The minimum Gasteiger partial charge on any atom is -0.482 e. The molecule has 0 saturated heterocycles. The third-order valence-corrected chi connectivity index (χ3v) is 3.73. The summed E-state index contributed by atoms with van der Waals surface area (Å²) in [5, 5.41) is 20.3. The Hall–Kier alpha value is -3.58.